The molecule has 1 heterocycles. The molecule has 3 aromatic carbocycles. The van der Waals surface area contributed by atoms with Gasteiger partial charge in [-0.3, -0.25) is 0 Å². The average Bonchev–Trinajstić information content (AvgIpc) is 3.26. The van der Waals surface area contributed by atoms with E-state index in [1.807, 2.05) is 37.3 Å². The molecule has 6 heteroatoms. The highest BCUT2D eigenvalue weighted by atomic mass is 127. The van der Waals surface area contributed by atoms with Crippen molar-refractivity contribution in [1.82, 2.24) is 9.97 Å². The zero-order chi connectivity index (χ0) is 25.7. The van der Waals surface area contributed by atoms with Crippen molar-refractivity contribution in [3.63, 3.8) is 0 Å². The van der Waals surface area contributed by atoms with Gasteiger partial charge >= 0.3 is 0 Å². The molecule has 0 aliphatic heterocycles. The van der Waals surface area contributed by atoms with E-state index in [1.54, 1.807) is 0 Å². The van der Waals surface area contributed by atoms with Gasteiger partial charge < -0.3 is 14.5 Å². The Labute approximate surface area is 225 Å². The van der Waals surface area contributed by atoms with Gasteiger partial charge in [-0.05, 0) is 115 Å². The van der Waals surface area contributed by atoms with Gasteiger partial charge in [0.1, 0.15) is 18.5 Å². The minimum atomic E-state index is 0.428. The second-order valence-electron chi connectivity index (χ2n) is 8.56. The summed E-state index contributed by atoms with van der Waals surface area (Å²) in [4.78, 5) is 7.96. The van der Waals surface area contributed by atoms with Crippen LogP contribution in [0.25, 0.3) is 22.7 Å². The van der Waals surface area contributed by atoms with Crippen LogP contribution in [0.5, 0.6) is 11.5 Å². The van der Waals surface area contributed by atoms with Crippen LogP contribution in [0.15, 0.2) is 61.2 Å². The number of halogens is 1. The number of aromatic amines is 1. The number of nitrogens with one attached hydrogen (secondary N) is 1. The fourth-order valence-corrected chi connectivity index (χ4v) is 4.31. The Morgan fingerprint density at radius 3 is 2.56 bits per heavy atom. The van der Waals surface area contributed by atoms with Crippen LogP contribution < -0.4 is 9.47 Å². The average molecular weight is 589 g/mol. The summed E-state index contributed by atoms with van der Waals surface area (Å²) < 4.78 is 13.4. The maximum Gasteiger partial charge on any atom is 0.165 e. The summed E-state index contributed by atoms with van der Waals surface area (Å²) in [5.74, 6) is 1.88. The Hall–Kier alpha value is -3.57. The van der Waals surface area contributed by atoms with Crippen LogP contribution >= 0.6 is 22.6 Å². The number of benzene rings is 3. The predicted molar refractivity (Wildman–Crippen MR) is 154 cm³/mol. The minimum absolute atomic E-state index is 0.428. The number of aromatic nitrogens is 2. The van der Waals surface area contributed by atoms with Gasteiger partial charge in [-0.15, -0.1) is 6.58 Å². The summed E-state index contributed by atoms with van der Waals surface area (Å²) in [6, 6.07) is 18.6. The number of rotatable bonds is 9. The van der Waals surface area contributed by atoms with Gasteiger partial charge in [0.2, 0.25) is 0 Å². The molecule has 4 rings (SSSR count). The summed E-state index contributed by atoms with van der Waals surface area (Å²) in [5, 5.41) is 9.95. The summed E-state index contributed by atoms with van der Waals surface area (Å²) in [6.45, 7) is 10.9. The zero-order valence-electron chi connectivity index (χ0n) is 20.7. The fourth-order valence-electron chi connectivity index (χ4n) is 3.95. The zero-order valence-corrected chi connectivity index (χ0v) is 22.8. The third kappa shape index (κ3) is 5.80. The number of imidazole rings is 1. The van der Waals surface area contributed by atoms with E-state index in [1.165, 1.54) is 14.7 Å². The summed E-state index contributed by atoms with van der Waals surface area (Å²) in [6.07, 6.45) is 4.27. The molecule has 0 fully saturated rings. The van der Waals surface area contributed by atoms with Crippen molar-refractivity contribution < 1.29 is 9.47 Å². The molecule has 0 saturated heterocycles. The van der Waals surface area contributed by atoms with Gasteiger partial charge in [-0.2, -0.15) is 5.26 Å². The molecule has 0 amide bonds. The van der Waals surface area contributed by atoms with Crippen LogP contribution in [0.4, 0.5) is 0 Å². The van der Waals surface area contributed by atoms with Crippen molar-refractivity contribution in [3.8, 4) is 17.6 Å². The van der Waals surface area contributed by atoms with Crippen molar-refractivity contribution in [2.24, 2.45) is 0 Å². The molecule has 1 N–H and O–H groups in total. The summed E-state index contributed by atoms with van der Waals surface area (Å²) >= 11 is 2.29. The lowest BCUT2D eigenvalue weighted by Gasteiger charge is -2.17. The standard InChI is InChI=1S/C30H28IN3O2/c1-5-7-23-14-22(15-24(17-32)30-33-26-12-19(3)20(4)13-27(26)34-30)16-28(35-6-2)29(23)36-18-21-8-10-25(31)11-9-21/h5,8-16H,1,6-7,18H2,2-4H3,(H,33,34)/b24-15+. The molecule has 0 saturated carbocycles. The Bertz CT molecular complexity index is 1440. The Kier molecular flexibility index (Phi) is 8.11. The second kappa shape index (κ2) is 11.4. The van der Waals surface area contributed by atoms with Gasteiger partial charge in [0, 0.05) is 9.13 Å². The second-order valence-corrected chi connectivity index (χ2v) is 9.80. The van der Waals surface area contributed by atoms with Gasteiger partial charge in [-0.1, -0.05) is 18.2 Å². The normalized spacial score (nSPS) is 11.4. The van der Waals surface area contributed by atoms with Gasteiger partial charge in [0.25, 0.3) is 0 Å². The lowest BCUT2D eigenvalue weighted by molar-refractivity contribution is 0.267. The van der Waals surface area contributed by atoms with E-state index < -0.39 is 0 Å². The quantitative estimate of drug-likeness (QED) is 0.124. The Morgan fingerprint density at radius 1 is 1.11 bits per heavy atom. The largest absolute Gasteiger partial charge is 0.490 e. The summed E-state index contributed by atoms with van der Waals surface area (Å²) in [5.41, 5.74) is 7.40. The lowest BCUT2D eigenvalue weighted by atomic mass is 10.0. The Morgan fingerprint density at radius 2 is 1.86 bits per heavy atom. The first-order valence-corrected chi connectivity index (χ1v) is 12.9. The molecular weight excluding hydrogens is 561 g/mol. The molecule has 4 aromatic rings. The monoisotopic (exact) mass is 589 g/mol. The van der Waals surface area contributed by atoms with E-state index in [9.17, 15) is 5.26 Å². The Balaban J connectivity index is 1.72. The number of allylic oxidation sites excluding steroid dienone is 2. The molecular formula is C30H28IN3O2. The lowest BCUT2D eigenvalue weighted by Crippen LogP contribution is -2.03. The predicted octanol–water partition coefficient (Wildman–Crippen LogP) is 7.55. The SMILES string of the molecule is C=CCc1cc(/C=C(\C#N)c2nc3cc(C)c(C)cc3[nH]2)cc(OCC)c1OCc1ccc(I)cc1. The number of nitriles is 1. The molecule has 36 heavy (non-hydrogen) atoms. The molecule has 0 bridgehead atoms. The summed E-state index contributed by atoms with van der Waals surface area (Å²) in [7, 11) is 0. The van der Waals surface area contributed by atoms with Crippen molar-refractivity contribution in [1.29, 1.82) is 5.26 Å². The van der Waals surface area contributed by atoms with Crippen LogP contribution in [-0.2, 0) is 13.0 Å². The fraction of sp³-hybridized carbons (Fsp3) is 0.200. The first kappa shape index (κ1) is 25.5. The first-order valence-electron chi connectivity index (χ1n) is 11.8. The van der Waals surface area contributed by atoms with Crippen molar-refractivity contribution in [2.45, 2.75) is 33.8 Å². The topological polar surface area (TPSA) is 70.9 Å². The number of H-pyrrole nitrogens is 1. The van der Waals surface area contributed by atoms with E-state index >= 15 is 0 Å². The molecule has 0 atom stereocenters. The van der Waals surface area contributed by atoms with E-state index in [2.05, 4.69) is 89.4 Å². The third-order valence-corrected chi connectivity index (χ3v) is 6.62. The number of fused-ring (bicyclic) bond motifs is 1. The number of hydrogen-bond acceptors (Lipinski definition) is 4. The van der Waals surface area contributed by atoms with Crippen LogP contribution in [0.3, 0.4) is 0 Å². The molecule has 5 nitrogen and oxygen atoms in total. The van der Waals surface area contributed by atoms with E-state index in [4.69, 9.17) is 9.47 Å². The van der Waals surface area contributed by atoms with Crippen LogP contribution in [0.1, 0.15) is 40.6 Å². The molecule has 0 aliphatic carbocycles. The minimum Gasteiger partial charge on any atom is -0.490 e. The highest BCUT2D eigenvalue weighted by Crippen LogP contribution is 2.36. The van der Waals surface area contributed by atoms with E-state index in [0.29, 0.717) is 42.5 Å². The van der Waals surface area contributed by atoms with E-state index in [0.717, 1.165) is 27.7 Å². The van der Waals surface area contributed by atoms with Crippen LogP contribution in [-0.4, -0.2) is 16.6 Å². The molecule has 0 spiro atoms. The van der Waals surface area contributed by atoms with Gasteiger partial charge in [0.05, 0.1) is 23.2 Å². The van der Waals surface area contributed by atoms with Crippen LogP contribution in [0, 0.1) is 28.7 Å². The number of hydrogen-bond donors (Lipinski definition) is 1. The number of ether oxygens (including phenoxy) is 2. The van der Waals surface area contributed by atoms with Crippen molar-refractivity contribution in [3.05, 3.63) is 98.4 Å². The molecule has 0 aliphatic rings. The van der Waals surface area contributed by atoms with Crippen molar-refractivity contribution >= 4 is 45.3 Å². The number of aryl methyl sites for hydroxylation is 2. The molecule has 1 aromatic heterocycles. The molecule has 182 valence electrons. The highest BCUT2D eigenvalue weighted by Gasteiger charge is 2.15. The van der Waals surface area contributed by atoms with Gasteiger partial charge in [-0.25, -0.2) is 4.98 Å². The smallest absolute Gasteiger partial charge is 0.165 e. The molecule has 0 unspecified atom stereocenters. The number of nitrogens with zero attached hydrogens (tertiary/aromatic N) is 2. The maximum absolute atomic E-state index is 9.95. The van der Waals surface area contributed by atoms with E-state index in [-0.39, 0.29) is 0 Å². The van der Waals surface area contributed by atoms with Crippen LogP contribution in [0.2, 0.25) is 0 Å². The third-order valence-electron chi connectivity index (χ3n) is 5.90. The van der Waals surface area contributed by atoms with Crippen molar-refractivity contribution in [2.75, 3.05) is 6.61 Å². The first-order chi connectivity index (χ1) is 17.4. The maximum atomic E-state index is 9.95. The molecule has 0 radical (unpaired) electrons. The highest BCUT2D eigenvalue weighted by molar-refractivity contribution is 14.1. The van der Waals surface area contributed by atoms with Gasteiger partial charge in [0.15, 0.2) is 11.5 Å².